The van der Waals surface area contributed by atoms with Crippen LogP contribution in [-0.4, -0.2) is 12.4 Å². The molecule has 1 atom stereocenters. The zero-order valence-electron chi connectivity index (χ0n) is 9.41. The SMILES string of the molecule is Cc1cc(C2COC(C)(C)O2)ccc1N. The van der Waals surface area contributed by atoms with Crippen molar-refractivity contribution in [3.05, 3.63) is 29.3 Å². The van der Waals surface area contributed by atoms with Crippen LogP contribution in [0.5, 0.6) is 0 Å². The van der Waals surface area contributed by atoms with Crippen molar-refractivity contribution in [2.24, 2.45) is 0 Å². The number of nitrogen functional groups attached to an aromatic ring is 1. The van der Waals surface area contributed by atoms with E-state index in [0.29, 0.717) is 6.61 Å². The molecule has 1 aliphatic heterocycles. The number of benzene rings is 1. The summed E-state index contributed by atoms with van der Waals surface area (Å²) >= 11 is 0. The summed E-state index contributed by atoms with van der Waals surface area (Å²) in [5.74, 6) is -0.472. The second-order valence-corrected chi connectivity index (χ2v) is 4.43. The number of hydrogen-bond donors (Lipinski definition) is 1. The first-order valence-electron chi connectivity index (χ1n) is 5.16. The molecule has 0 amide bonds. The molecule has 1 aliphatic rings. The second-order valence-electron chi connectivity index (χ2n) is 4.43. The molecule has 0 saturated carbocycles. The van der Waals surface area contributed by atoms with E-state index in [0.717, 1.165) is 16.8 Å². The Bertz CT molecular complexity index is 374. The third-order valence-electron chi connectivity index (χ3n) is 2.67. The highest BCUT2D eigenvalue weighted by Gasteiger charge is 2.33. The van der Waals surface area contributed by atoms with E-state index in [-0.39, 0.29) is 6.10 Å². The van der Waals surface area contributed by atoms with Gasteiger partial charge in [-0.15, -0.1) is 0 Å². The summed E-state index contributed by atoms with van der Waals surface area (Å²) in [4.78, 5) is 0. The van der Waals surface area contributed by atoms with Gasteiger partial charge >= 0.3 is 0 Å². The summed E-state index contributed by atoms with van der Waals surface area (Å²) < 4.78 is 11.3. The van der Waals surface area contributed by atoms with Gasteiger partial charge in [0.25, 0.3) is 0 Å². The van der Waals surface area contributed by atoms with E-state index in [2.05, 4.69) is 6.07 Å². The van der Waals surface area contributed by atoms with Crippen LogP contribution in [0.2, 0.25) is 0 Å². The van der Waals surface area contributed by atoms with Crippen LogP contribution in [0.3, 0.4) is 0 Å². The molecule has 0 radical (unpaired) electrons. The van der Waals surface area contributed by atoms with Crippen LogP contribution in [0.25, 0.3) is 0 Å². The van der Waals surface area contributed by atoms with Gasteiger partial charge in [-0.25, -0.2) is 0 Å². The van der Waals surface area contributed by atoms with Crippen molar-refractivity contribution >= 4 is 5.69 Å². The summed E-state index contributed by atoms with van der Waals surface area (Å²) in [6.07, 6.45) is 0.0271. The number of ether oxygens (including phenoxy) is 2. The second kappa shape index (κ2) is 3.51. The molecular weight excluding hydrogens is 190 g/mol. The number of nitrogens with two attached hydrogens (primary N) is 1. The van der Waals surface area contributed by atoms with Gasteiger partial charge in [-0.3, -0.25) is 0 Å². The Kier molecular flexibility index (Phi) is 2.44. The zero-order chi connectivity index (χ0) is 11.1. The Morgan fingerprint density at radius 2 is 2.13 bits per heavy atom. The fourth-order valence-corrected chi connectivity index (χ4v) is 1.75. The van der Waals surface area contributed by atoms with Gasteiger partial charge in [0.15, 0.2) is 5.79 Å². The molecule has 1 aromatic rings. The zero-order valence-corrected chi connectivity index (χ0v) is 9.41. The third-order valence-corrected chi connectivity index (χ3v) is 2.67. The van der Waals surface area contributed by atoms with Gasteiger partial charge in [0.05, 0.1) is 6.61 Å². The standard InChI is InChI=1S/C12H17NO2/c1-8-6-9(4-5-10(8)13)11-7-14-12(2,3)15-11/h4-6,11H,7,13H2,1-3H3. The Morgan fingerprint density at radius 1 is 1.40 bits per heavy atom. The van der Waals surface area contributed by atoms with Crippen LogP contribution < -0.4 is 5.73 Å². The van der Waals surface area contributed by atoms with Crippen LogP contribution in [-0.2, 0) is 9.47 Å². The lowest BCUT2D eigenvalue weighted by Crippen LogP contribution is -2.19. The van der Waals surface area contributed by atoms with Crippen molar-refractivity contribution in [2.45, 2.75) is 32.7 Å². The van der Waals surface area contributed by atoms with Gasteiger partial charge < -0.3 is 15.2 Å². The first-order chi connectivity index (χ1) is 6.98. The first kappa shape index (κ1) is 10.5. The van der Waals surface area contributed by atoms with Gasteiger partial charge in [-0.1, -0.05) is 12.1 Å². The van der Waals surface area contributed by atoms with Gasteiger partial charge in [0.2, 0.25) is 0 Å². The summed E-state index contributed by atoms with van der Waals surface area (Å²) in [5.41, 5.74) is 8.80. The summed E-state index contributed by atoms with van der Waals surface area (Å²) in [7, 11) is 0. The largest absolute Gasteiger partial charge is 0.399 e. The molecule has 3 heteroatoms. The molecule has 0 spiro atoms. The first-order valence-corrected chi connectivity index (χ1v) is 5.16. The summed E-state index contributed by atoms with van der Waals surface area (Å²) in [5, 5.41) is 0. The van der Waals surface area contributed by atoms with Crippen LogP contribution in [0, 0.1) is 6.92 Å². The Morgan fingerprint density at radius 3 is 2.67 bits per heavy atom. The van der Waals surface area contributed by atoms with E-state index in [4.69, 9.17) is 15.2 Å². The molecule has 1 aromatic carbocycles. The summed E-state index contributed by atoms with van der Waals surface area (Å²) in [6.45, 7) is 6.46. The van der Waals surface area contributed by atoms with Crippen molar-refractivity contribution < 1.29 is 9.47 Å². The molecule has 2 rings (SSSR count). The minimum Gasteiger partial charge on any atom is -0.399 e. The lowest BCUT2D eigenvalue weighted by Gasteiger charge is -2.17. The van der Waals surface area contributed by atoms with Gasteiger partial charge in [0.1, 0.15) is 6.10 Å². The van der Waals surface area contributed by atoms with Crippen LogP contribution >= 0.6 is 0 Å². The highest BCUT2D eigenvalue weighted by atomic mass is 16.7. The van der Waals surface area contributed by atoms with Crippen LogP contribution in [0.4, 0.5) is 5.69 Å². The van der Waals surface area contributed by atoms with Crippen LogP contribution in [0.15, 0.2) is 18.2 Å². The predicted octanol–water partition coefficient (Wildman–Crippen LogP) is 2.40. The molecule has 1 saturated heterocycles. The Balaban J connectivity index is 2.21. The average molecular weight is 207 g/mol. The maximum atomic E-state index is 5.77. The predicted molar refractivity (Wildman–Crippen MR) is 59.4 cm³/mol. The molecule has 82 valence electrons. The van der Waals surface area contributed by atoms with Gasteiger partial charge in [0, 0.05) is 5.69 Å². The quantitative estimate of drug-likeness (QED) is 0.719. The van der Waals surface area contributed by atoms with Crippen molar-refractivity contribution in [3.63, 3.8) is 0 Å². The van der Waals surface area contributed by atoms with Crippen molar-refractivity contribution in [1.82, 2.24) is 0 Å². The monoisotopic (exact) mass is 207 g/mol. The van der Waals surface area contributed by atoms with Crippen molar-refractivity contribution in [1.29, 1.82) is 0 Å². The number of rotatable bonds is 1. The molecular formula is C12H17NO2. The molecule has 0 bridgehead atoms. The molecule has 3 nitrogen and oxygen atoms in total. The van der Waals surface area contributed by atoms with Crippen molar-refractivity contribution in [3.8, 4) is 0 Å². The molecule has 1 fully saturated rings. The Hall–Kier alpha value is -1.06. The fraction of sp³-hybridized carbons (Fsp3) is 0.500. The molecule has 1 heterocycles. The molecule has 0 aromatic heterocycles. The van der Waals surface area contributed by atoms with Crippen molar-refractivity contribution in [2.75, 3.05) is 12.3 Å². The molecule has 1 unspecified atom stereocenters. The topological polar surface area (TPSA) is 44.5 Å². The number of aryl methyl sites for hydroxylation is 1. The lowest BCUT2D eigenvalue weighted by molar-refractivity contribution is -0.139. The van der Waals surface area contributed by atoms with E-state index in [1.54, 1.807) is 0 Å². The van der Waals surface area contributed by atoms with Crippen LogP contribution in [0.1, 0.15) is 31.1 Å². The molecule has 2 N–H and O–H groups in total. The molecule has 15 heavy (non-hydrogen) atoms. The van der Waals surface area contributed by atoms with E-state index in [9.17, 15) is 0 Å². The smallest absolute Gasteiger partial charge is 0.163 e. The van der Waals surface area contributed by atoms with Gasteiger partial charge in [-0.2, -0.15) is 0 Å². The maximum absolute atomic E-state index is 5.77. The van der Waals surface area contributed by atoms with Gasteiger partial charge in [-0.05, 0) is 38.0 Å². The average Bonchev–Trinajstić information content (AvgIpc) is 2.51. The van der Waals surface area contributed by atoms with E-state index in [1.807, 2.05) is 32.9 Å². The highest BCUT2D eigenvalue weighted by Crippen LogP contribution is 2.33. The molecule has 0 aliphatic carbocycles. The van der Waals surface area contributed by atoms with E-state index in [1.165, 1.54) is 0 Å². The fourth-order valence-electron chi connectivity index (χ4n) is 1.75. The third kappa shape index (κ3) is 2.13. The number of hydrogen-bond acceptors (Lipinski definition) is 3. The highest BCUT2D eigenvalue weighted by molar-refractivity contribution is 5.48. The minimum absolute atomic E-state index is 0.0271. The van der Waals surface area contributed by atoms with E-state index >= 15 is 0 Å². The lowest BCUT2D eigenvalue weighted by atomic mass is 10.1. The summed E-state index contributed by atoms with van der Waals surface area (Å²) in [6, 6.07) is 5.97. The maximum Gasteiger partial charge on any atom is 0.163 e. The normalized spacial score (nSPS) is 24.3. The Labute approximate surface area is 90.2 Å². The number of anilines is 1. The minimum atomic E-state index is -0.472. The van der Waals surface area contributed by atoms with E-state index < -0.39 is 5.79 Å².